The molecule has 9 heavy (non-hydrogen) atoms. The molecule has 0 aromatic rings. The van der Waals surface area contributed by atoms with Crippen LogP contribution in [0.25, 0.3) is 0 Å². The van der Waals surface area contributed by atoms with Crippen LogP contribution in [-0.2, 0) is 0 Å². The van der Waals surface area contributed by atoms with E-state index in [1.54, 1.807) is 0 Å². The molecule has 0 radical (unpaired) electrons. The normalized spacial score (nSPS) is 14.6. The molecule has 0 nitrogen and oxygen atoms in total. The van der Waals surface area contributed by atoms with Crippen LogP contribution in [0.3, 0.4) is 0 Å². The molecular formula is C9H18. The third kappa shape index (κ3) is 5.61. The summed E-state index contributed by atoms with van der Waals surface area (Å²) in [5.74, 6) is 0.868. The Kier molecular flexibility index (Phi) is 5.70. The van der Waals surface area contributed by atoms with Gasteiger partial charge in [0.25, 0.3) is 0 Å². The highest BCUT2D eigenvalue weighted by molar-refractivity contribution is 4.81. The van der Waals surface area contributed by atoms with Crippen LogP contribution in [-0.4, -0.2) is 0 Å². The number of rotatable bonds is 4. The van der Waals surface area contributed by atoms with Gasteiger partial charge in [-0.1, -0.05) is 39.3 Å². The molecule has 0 saturated carbocycles. The van der Waals surface area contributed by atoms with E-state index in [0.717, 1.165) is 5.92 Å². The Balaban J connectivity index is 3.15. The van der Waals surface area contributed by atoms with Gasteiger partial charge in [-0.25, -0.2) is 0 Å². The topological polar surface area (TPSA) is 0 Å². The zero-order chi connectivity index (χ0) is 7.11. The summed E-state index contributed by atoms with van der Waals surface area (Å²) in [5, 5.41) is 0. The molecule has 0 aromatic heterocycles. The zero-order valence-corrected chi connectivity index (χ0v) is 6.85. The van der Waals surface area contributed by atoms with Gasteiger partial charge >= 0.3 is 0 Å². The predicted octanol–water partition coefficient (Wildman–Crippen LogP) is 3.39. The highest BCUT2D eigenvalue weighted by Gasteiger charge is 1.91. The summed E-state index contributed by atoms with van der Waals surface area (Å²) in [7, 11) is 0. The van der Waals surface area contributed by atoms with Crippen LogP contribution in [0.15, 0.2) is 12.2 Å². The third-order valence-electron chi connectivity index (χ3n) is 1.64. The third-order valence-corrected chi connectivity index (χ3v) is 1.64. The van der Waals surface area contributed by atoms with E-state index in [-0.39, 0.29) is 0 Å². The van der Waals surface area contributed by atoms with Crippen LogP contribution in [0.4, 0.5) is 0 Å². The second-order valence-corrected chi connectivity index (χ2v) is 2.63. The Morgan fingerprint density at radius 2 is 1.89 bits per heavy atom. The van der Waals surface area contributed by atoms with E-state index in [0.29, 0.717) is 0 Å². The lowest BCUT2D eigenvalue weighted by Gasteiger charge is -2.01. The fraction of sp³-hybridized carbons (Fsp3) is 0.778. The Morgan fingerprint density at radius 1 is 1.22 bits per heavy atom. The molecule has 0 saturated heterocycles. The van der Waals surface area contributed by atoms with Crippen molar-refractivity contribution in [3.8, 4) is 0 Å². The average Bonchev–Trinajstić information content (AvgIpc) is 1.89. The zero-order valence-electron chi connectivity index (χ0n) is 6.85. The molecule has 0 heterocycles. The first-order valence-electron chi connectivity index (χ1n) is 3.96. The fourth-order valence-corrected chi connectivity index (χ4v) is 0.662. The van der Waals surface area contributed by atoms with Crippen molar-refractivity contribution in [3.05, 3.63) is 12.2 Å². The van der Waals surface area contributed by atoms with E-state index < -0.39 is 0 Å². The number of hydrogen-bond donors (Lipinski definition) is 0. The van der Waals surface area contributed by atoms with E-state index in [4.69, 9.17) is 0 Å². The van der Waals surface area contributed by atoms with Crippen molar-refractivity contribution in [1.82, 2.24) is 0 Å². The lowest BCUT2D eigenvalue weighted by Crippen LogP contribution is -1.87. The van der Waals surface area contributed by atoms with Gasteiger partial charge in [-0.3, -0.25) is 0 Å². The van der Waals surface area contributed by atoms with Crippen molar-refractivity contribution in [2.24, 2.45) is 5.92 Å². The van der Waals surface area contributed by atoms with Crippen molar-refractivity contribution >= 4 is 0 Å². The van der Waals surface area contributed by atoms with Gasteiger partial charge in [-0.2, -0.15) is 0 Å². The van der Waals surface area contributed by atoms with Gasteiger partial charge in [0.05, 0.1) is 0 Å². The molecule has 0 aromatic carbocycles. The smallest absolute Gasteiger partial charge is 0.0325 e. The van der Waals surface area contributed by atoms with Gasteiger partial charge in [-0.15, -0.1) is 0 Å². The molecular weight excluding hydrogens is 108 g/mol. The quantitative estimate of drug-likeness (QED) is 0.506. The van der Waals surface area contributed by atoms with Crippen molar-refractivity contribution in [3.63, 3.8) is 0 Å². The molecule has 0 N–H and O–H groups in total. The van der Waals surface area contributed by atoms with Crippen molar-refractivity contribution in [2.45, 2.75) is 40.0 Å². The molecule has 0 bridgehead atoms. The minimum atomic E-state index is 0.868. The largest absolute Gasteiger partial charge is 0.0888 e. The number of allylic oxidation sites excluding steroid dienone is 2. The summed E-state index contributed by atoms with van der Waals surface area (Å²) < 4.78 is 0. The Hall–Kier alpha value is -0.260. The molecule has 1 unspecified atom stereocenters. The summed E-state index contributed by atoms with van der Waals surface area (Å²) in [6.07, 6.45) is 8.26. The lowest BCUT2D eigenvalue weighted by molar-refractivity contribution is 0.571. The molecule has 1 atom stereocenters. The maximum Gasteiger partial charge on any atom is -0.0325 e. The highest BCUT2D eigenvalue weighted by atomic mass is 14.0. The maximum atomic E-state index is 2.29. The monoisotopic (exact) mass is 126 g/mol. The summed E-state index contributed by atoms with van der Waals surface area (Å²) in [4.78, 5) is 0. The van der Waals surface area contributed by atoms with E-state index in [1.807, 2.05) is 0 Å². The predicted molar refractivity (Wildman–Crippen MR) is 43.5 cm³/mol. The lowest BCUT2D eigenvalue weighted by atomic mass is 10.1. The van der Waals surface area contributed by atoms with Crippen LogP contribution in [0.5, 0.6) is 0 Å². The molecule has 54 valence electrons. The SMILES string of the molecule is CC/C=C/CC(C)CC. The summed E-state index contributed by atoms with van der Waals surface area (Å²) in [5.41, 5.74) is 0. The highest BCUT2D eigenvalue weighted by Crippen LogP contribution is 2.06. The van der Waals surface area contributed by atoms with Crippen LogP contribution in [0, 0.1) is 5.92 Å². The molecule has 0 aliphatic carbocycles. The first-order chi connectivity index (χ1) is 4.31. The molecule has 0 fully saturated rings. The van der Waals surface area contributed by atoms with Crippen molar-refractivity contribution in [2.75, 3.05) is 0 Å². The summed E-state index contributed by atoms with van der Waals surface area (Å²) in [6.45, 7) is 6.71. The molecule has 0 aliphatic heterocycles. The Bertz CT molecular complexity index is 72.1. The minimum Gasteiger partial charge on any atom is -0.0888 e. The van der Waals surface area contributed by atoms with E-state index >= 15 is 0 Å². The first kappa shape index (κ1) is 8.74. The first-order valence-corrected chi connectivity index (χ1v) is 3.96. The Morgan fingerprint density at radius 3 is 2.33 bits per heavy atom. The molecule has 0 amide bonds. The van der Waals surface area contributed by atoms with Crippen LogP contribution in [0.2, 0.25) is 0 Å². The van der Waals surface area contributed by atoms with Crippen molar-refractivity contribution in [1.29, 1.82) is 0 Å². The average molecular weight is 126 g/mol. The van der Waals surface area contributed by atoms with Crippen molar-refractivity contribution < 1.29 is 0 Å². The molecule has 0 spiro atoms. The van der Waals surface area contributed by atoms with Gasteiger partial charge in [0.1, 0.15) is 0 Å². The summed E-state index contributed by atoms with van der Waals surface area (Å²) >= 11 is 0. The second-order valence-electron chi connectivity index (χ2n) is 2.63. The standard InChI is InChI=1S/C9H18/c1-4-6-7-8-9(3)5-2/h6-7,9H,4-5,8H2,1-3H3/b7-6+. The van der Waals surface area contributed by atoms with Gasteiger partial charge in [0, 0.05) is 0 Å². The van der Waals surface area contributed by atoms with Gasteiger partial charge < -0.3 is 0 Å². The van der Waals surface area contributed by atoms with Gasteiger partial charge in [0.2, 0.25) is 0 Å². The molecule has 0 aliphatic rings. The van der Waals surface area contributed by atoms with Crippen LogP contribution >= 0.6 is 0 Å². The number of hydrogen-bond acceptors (Lipinski definition) is 0. The Labute approximate surface area is 59.0 Å². The van der Waals surface area contributed by atoms with E-state index in [9.17, 15) is 0 Å². The van der Waals surface area contributed by atoms with Gasteiger partial charge in [-0.05, 0) is 18.8 Å². The summed E-state index contributed by atoms with van der Waals surface area (Å²) in [6, 6.07) is 0. The maximum absolute atomic E-state index is 2.29. The molecule has 0 rings (SSSR count). The molecule has 0 heteroatoms. The minimum absolute atomic E-state index is 0.868. The fourth-order valence-electron chi connectivity index (χ4n) is 0.662. The van der Waals surface area contributed by atoms with Crippen LogP contribution < -0.4 is 0 Å². The van der Waals surface area contributed by atoms with Crippen LogP contribution in [0.1, 0.15) is 40.0 Å². The second kappa shape index (κ2) is 5.87. The van der Waals surface area contributed by atoms with Gasteiger partial charge in [0.15, 0.2) is 0 Å². The van der Waals surface area contributed by atoms with E-state index in [1.165, 1.54) is 19.3 Å². The van der Waals surface area contributed by atoms with E-state index in [2.05, 4.69) is 32.9 Å².